The molecule has 1 aliphatic rings. The number of likely N-dealkylation sites (tertiary alicyclic amines) is 1. The number of esters is 1. The van der Waals surface area contributed by atoms with Gasteiger partial charge >= 0.3 is 5.97 Å². The summed E-state index contributed by atoms with van der Waals surface area (Å²) in [4.78, 5) is 13.0. The van der Waals surface area contributed by atoms with Gasteiger partial charge in [-0.1, -0.05) is 0 Å². The second-order valence-electron chi connectivity index (χ2n) is 3.61. The van der Waals surface area contributed by atoms with E-state index in [1.54, 1.807) is 0 Å². The second kappa shape index (κ2) is 6.49. The van der Waals surface area contributed by atoms with E-state index >= 15 is 0 Å². The van der Waals surface area contributed by atoms with Crippen LogP contribution in [0.25, 0.3) is 0 Å². The number of hydrogen-bond donors (Lipinski definition) is 0. The summed E-state index contributed by atoms with van der Waals surface area (Å²) >= 11 is 5.81. The Hall–Kier alpha value is 0.01000. The summed E-state index contributed by atoms with van der Waals surface area (Å²) in [7, 11) is 2.06. The first kappa shape index (κ1) is 14.0. The Morgan fingerprint density at radius 1 is 1.64 bits per heavy atom. The van der Waals surface area contributed by atoms with E-state index in [1.165, 1.54) is 6.92 Å². The number of nitrogens with zero attached hydrogens (tertiary/aromatic N) is 1. The Balaban J connectivity index is 0.00000169. The fourth-order valence-corrected chi connectivity index (χ4v) is 2.01. The van der Waals surface area contributed by atoms with Crippen LogP contribution < -0.4 is 0 Å². The number of hydrogen-bond acceptors (Lipinski definition) is 3. The van der Waals surface area contributed by atoms with E-state index in [-0.39, 0.29) is 30.4 Å². The highest BCUT2D eigenvalue weighted by Gasteiger charge is 2.29. The molecule has 3 nitrogen and oxygen atoms in total. The first-order chi connectivity index (χ1) is 6.13. The number of piperidine rings is 1. The Morgan fingerprint density at radius 3 is 2.79 bits per heavy atom. The van der Waals surface area contributed by atoms with E-state index < -0.39 is 0 Å². The summed E-state index contributed by atoms with van der Waals surface area (Å²) in [6.07, 6.45) is 0.916. The molecule has 84 valence electrons. The topological polar surface area (TPSA) is 29.5 Å². The molecule has 1 rings (SSSR count). The fourth-order valence-electron chi connectivity index (χ4n) is 1.71. The van der Waals surface area contributed by atoms with Gasteiger partial charge in [0.2, 0.25) is 0 Å². The molecule has 1 fully saturated rings. The predicted molar refractivity (Wildman–Crippen MR) is 59.1 cm³/mol. The van der Waals surface area contributed by atoms with Gasteiger partial charge in [-0.05, 0) is 13.5 Å². The first-order valence-electron chi connectivity index (χ1n) is 4.55. The Bertz CT molecular complexity index is 190. The van der Waals surface area contributed by atoms with E-state index in [2.05, 4.69) is 11.9 Å². The molecule has 0 aliphatic carbocycles. The quantitative estimate of drug-likeness (QED) is 0.543. The Morgan fingerprint density at radius 2 is 2.29 bits per heavy atom. The summed E-state index contributed by atoms with van der Waals surface area (Å²) in [5.74, 6) is 0.636. The number of halogens is 2. The molecule has 2 unspecified atom stereocenters. The maximum Gasteiger partial charge on any atom is 0.302 e. The molecule has 1 aliphatic heterocycles. The zero-order valence-corrected chi connectivity index (χ0v) is 10.1. The van der Waals surface area contributed by atoms with Crippen molar-refractivity contribution in [3.8, 4) is 0 Å². The number of alkyl halides is 1. The lowest BCUT2D eigenvalue weighted by Gasteiger charge is -2.34. The molecule has 5 heteroatoms. The Labute approximate surface area is 96.1 Å². The molecule has 0 aromatic carbocycles. The van der Waals surface area contributed by atoms with Crippen LogP contribution in [0.5, 0.6) is 0 Å². The van der Waals surface area contributed by atoms with Crippen LogP contribution >= 0.6 is 24.0 Å². The van der Waals surface area contributed by atoms with Gasteiger partial charge in [-0.15, -0.1) is 24.0 Å². The molecule has 0 bridgehead atoms. The van der Waals surface area contributed by atoms with E-state index in [0.29, 0.717) is 5.88 Å². The summed E-state index contributed by atoms with van der Waals surface area (Å²) in [6, 6.07) is 0. The van der Waals surface area contributed by atoms with Gasteiger partial charge < -0.3 is 9.64 Å². The van der Waals surface area contributed by atoms with Gasteiger partial charge in [-0.3, -0.25) is 4.79 Å². The lowest BCUT2D eigenvalue weighted by atomic mass is 9.97. The van der Waals surface area contributed by atoms with Crippen LogP contribution in [0.2, 0.25) is 0 Å². The molecule has 0 aromatic heterocycles. The van der Waals surface area contributed by atoms with Crippen molar-refractivity contribution in [3.05, 3.63) is 0 Å². The van der Waals surface area contributed by atoms with Crippen molar-refractivity contribution in [1.82, 2.24) is 4.90 Å². The minimum Gasteiger partial charge on any atom is -0.462 e. The largest absolute Gasteiger partial charge is 0.462 e. The third-order valence-electron chi connectivity index (χ3n) is 2.38. The SMILES string of the molecule is CC(=O)OC1CCN(C)CC1CCl.Cl. The third kappa shape index (κ3) is 4.03. The van der Waals surface area contributed by atoms with E-state index in [4.69, 9.17) is 16.3 Å². The average Bonchev–Trinajstić information content (AvgIpc) is 2.07. The molecule has 0 radical (unpaired) electrons. The van der Waals surface area contributed by atoms with Crippen molar-refractivity contribution in [2.24, 2.45) is 5.92 Å². The molecular formula is C9H17Cl2NO2. The van der Waals surface area contributed by atoms with Crippen LogP contribution in [0.1, 0.15) is 13.3 Å². The lowest BCUT2D eigenvalue weighted by Crippen LogP contribution is -2.43. The highest BCUT2D eigenvalue weighted by Crippen LogP contribution is 2.20. The van der Waals surface area contributed by atoms with Crippen LogP contribution in [0.15, 0.2) is 0 Å². The molecule has 0 aromatic rings. The third-order valence-corrected chi connectivity index (χ3v) is 2.78. The molecule has 2 atom stereocenters. The van der Waals surface area contributed by atoms with Gasteiger partial charge in [-0.2, -0.15) is 0 Å². The van der Waals surface area contributed by atoms with Gasteiger partial charge in [0.25, 0.3) is 0 Å². The van der Waals surface area contributed by atoms with Gasteiger partial charge in [0.15, 0.2) is 0 Å². The van der Waals surface area contributed by atoms with Gasteiger partial charge in [0.05, 0.1) is 0 Å². The van der Waals surface area contributed by atoms with Crippen LogP contribution in [-0.4, -0.2) is 43.0 Å². The normalized spacial score (nSPS) is 27.9. The first-order valence-corrected chi connectivity index (χ1v) is 5.08. The summed E-state index contributed by atoms with van der Waals surface area (Å²) in [6.45, 7) is 3.34. The number of ether oxygens (including phenoxy) is 1. The minimum absolute atomic E-state index is 0. The summed E-state index contributed by atoms with van der Waals surface area (Å²) < 4.78 is 5.19. The summed E-state index contributed by atoms with van der Waals surface area (Å²) in [5.41, 5.74) is 0. The number of rotatable bonds is 2. The predicted octanol–water partition coefficient (Wildman–Crippen LogP) is 1.53. The fraction of sp³-hybridized carbons (Fsp3) is 0.889. The molecule has 14 heavy (non-hydrogen) atoms. The van der Waals surface area contributed by atoms with E-state index in [0.717, 1.165) is 19.5 Å². The Kier molecular flexibility index (Phi) is 6.49. The van der Waals surface area contributed by atoms with Gasteiger partial charge in [0.1, 0.15) is 6.10 Å². The molecule has 0 N–H and O–H groups in total. The van der Waals surface area contributed by atoms with Gasteiger partial charge in [0, 0.05) is 31.8 Å². The molecule has 1 saturated heterocycles. The van der Waals surface area contributed by atoms with E-state index in [9.17, 15) is 4.79 Å². The van der Waals surface area contributed by atoms with Crippen molar-refractivity contribution < 1.29 is 9.53 Å². The highest BCUT2D eigenvalue weighted by molar-refractivity contribution is 6.18. The van der Waals surface area contributed by atoms with Crippen molar-refractivity contribution >= 4 is 30.0 Å². The van der Waals surface area contributed by atoms with Crippen molar-refractivity contribution in [2.45, 2.75) is 19.4 Å². The number of carbonyl (C=O) groups excluding carboxylic acids is 1. The highest BCUT2D eigenvalue weighted by atomic mass is 35.5. The smallest absolute Gasteiger partial charge is 0.302 e. The zero-order chi connectivity index (χ0) is 9.84. The lowest BCUT2D eigenvalue weighted by molar-refractivity contribution is -0.151. The van der Waals surface area contributed by atoms with Gasteiger partial charge in [-0.25, -0.2) is 0 Å². The van der Waals surface area contributed by atoms with Crippen LogP contribution in [0.3, 0.4) is 0 Å². The zero-order valence-electron chi connectivity index (χ0n) is 8.53. The average molecular weight is 242 g/mol. The maximum absolute atomic E-state index is 10.8. The van der Waals surface area contributed by atoms with Crippen LogP contribution in [-0.2, 0) is 9.53 Å². The standard InChI is InChI=1S/C9H16ClNO2.ClH/c1-7(12)13-9-3-4-11(2)6-8(9)5-10;/h8-9H,3-6H2,1-2H3;1H. The number of carbonyl (C=O) groups is 1. The van der Waals surface area contributed by atoms with Crippen LogP contribution in [0.4, 0.5) is 0 Å². The summed E-state index contributed by atoms with van der Waals surface area (Å²) in [5, 5.41) is 0. The second-order valence-corrected chi connectivity index (χ2v) is 3.92. The van der Waals surface area contributed by atoms with Crippen molar-refractivity contribution in [3.63, 3.8) is 0 Å². The maximum atomic E-state index is 10.8. The van der Waals surface area contributed by atoms with Crippen molar-refractivity contribution in [1.29, 1.82) is 0 Å². The molecule has 0 spiro atoms. The van der Waals surface area contributed by atoms with Crippen molar-refractivity contribution in [2.75, 3.05) is 26.0 Å². The molecule has 0 amide bonds. The molecule has 1 heterocycles. The monoisotopic (exact) mass is 241 g/mol. The van der Waals surface area contributed by atoms with Crippen LogP contribution in [0, 0.1) is 5.92 Å². The van der Waals surface area contributed by atoms with E-state index in [1.807, 2.05) is 0 Å². The minimum atomic E-state index is -0.204. The molecular weight excluding hydrogens is 225 g/mol. The molecule has 0 saturated carbocycles.